The molecule has 0 saturated carbocycles. The second-order valence-electron chi connectivity index (χ2n) is 6.70. The van der Waals surface area contributed by atoms with Crippen molar-refractivity contribution in [2.45, 2.75) is 20.4 Å². The number of imidazole rings is 1. The Hall–Kier alpha value is -3.67. The van der Waals surface area contributed by atoms with Gasteiger partial charge in [-0.15, -0.1) is 0 Å². The van der Waals surface area contributed by atoms with E-state index >= 15 is 0 Å². The Balaban J connectivity index is 1.47. The molecule has 0 bridgehead atoms. The number of benzene rings is 2. The van der Waals surface area contributed by atoms with E-state index in [0.717, 1.165) is 22.5 Å². The number of carbonyl (C=O) groups is 1. The third-order valence-electron chi connectivity index (χ3n) is 4.54. The summed E-state index contributed by atoms with van der Waals surface area (Å²) >= 11 is 0. The van der Waals surface area contributed by atoms with Crippen LogP contribution in [0.25, 0.3) is 11.3 Å². The van der Waals surface area contributed by atoms with E-state index in [0.29, 0.717) is 18.0 Å². The summed E-state index contributed by atoms with van der Waals surface area (Å²) in [5, 5.41) is 6.79. The molecule has 0 spiro atoms. The molecule has 4 rings (SSSR count). The van der Waals surface area contributed by atoms with Crippen molar-refractivity contribution >= 4 is 11.6 Å². The summed E-state index contributed by atoms with van der Waals surface area (Å²) in [6, 6.07) is 17.2. The number of hydrogen-bond donors (Lipinski definition) is 1. The van der Waals surface area contributed by atoms with Crippen molar-refractivity contribution in [1.82, 2.24) is 14.7 Å². The van der Waals surface area contributed by atoms with Gasteiger partial charge in [0.1, 0.15) is 5.82 Å². The summed E-state index contributed by atoms with van der Waals surface area (Å²) in [5.74, 6) is 1.20. The number of amides is 1. The van der Waals surface area contributed by atoms with Crippen LogP contribution in [0.15, 0.2) is 71.5 Å². The Morgan fingerprint density at radius 2 is 1.93 bits per heavy atom. The summed E-state index contributed by atoms with van der Waals surface area (Å²) in [6.45, 7) is 4.67. The average Bonchev–Trinajstić information content (AvgIpc) is 3.33. The van der Waals surface area contributed by atoms with Crippen molar-refractivity contribution in [2.75, 3.05) is 5.32 Å². The number of nitrogens with one attached hydrogen (secondary N) is 1. The molecule has 0 unspecified atom stereocenters. The second-order valence-corrected chi connectivity index (χ2v) is 6.70. The molecular formula is C22H20N4O2. The number of rotatable bonds is 5. The van der Waals surface area contributed by atoms with Gasteiger partial charge in [0.25, 0.3) is 5.91 Å². The molecule has 140 valence electrons. The maximum absolute atomic E-state index is 12.5. The van der Waals surface area contributed by atoms with Crippen molar-refractivity contribution in [3.63, 3.8) is 0 Å². The molecule has 0 aliphatic carbocycles. The van der Waals surface area contributed by atoms with Crippen molar-refractivity contribution in [2.24, 2.45) is 0 Å². The highest BCUT2D eigenvalue weighted by atomic mass is 16.5. The molecule has 2 aromatic heterocycles. The Morgan fingerprint density at radius 1 is 1.11 bits per heavy atom. The first kappa shape index (κ1) is 17.7. The van der Waals surface area contributed by atoms with Crippen molar-refractivity contribution in [1.29, 1.82) is 0 Å². The maximum Gasteiger partial charge on any atom is 0.277 e. The monoisotopic (exact) mass is 372 g/mol. The molecule has 0 radical (unpaired) electrons. The van der Waals surface area contributed by atoms with Crippen LogP contribution in [-0.2, 0) is 6.54 Å². The maximum atomic E-state index is 12.5. The van der Waals surface area contributed by atoms with E-state index in [1.54, 1.807) is 12.3 Å². The van der Waals surface area contributed by atoms with Gasteiger partial charge in [-0.1, -0.05) is 47.1 Å². The van der Waals surface area contributed by atoms with Gasteiger partial charge < -0.3 is 14.4 Å². The zero-order valence-electron chi connectivity index (χ0n) is 15.7. The minimum Gasteiger partial charge on any atom is -0.355 e. The SMILES string of the molecule is Cc1ccc(-c2cc(C(=O)Nc3cccc(Cn4ccnc4C)c3)no2)cc1. The molecule has 0 aliphatic rings. The minimum atomic E-state index is -0.307. The van der Waals surface area contributed by atoms with E-state index in [1.807, 2.05) is 73.1 Å². The number of anilines is 1. The molecule has 6 heteroatoms. The van der Waals surface area contributed by atoms with Crippen LogP contribution in [-0.4, -0.2) is 20.6 Å². The van der Waals surface area contributed by atoms with Gasteiger partial charge in [-0.05, 0) is 31.5 Å². The van der Waals surface area contributed by atoms with Gasteiger partial charge in [0, 0.05) is 36.3 Å². The molecule has 4 aromatic rings. The van der Waals surface area contributed by atoms with Crippen LogP contribution in [0, 0.1) is 13.8 Å². The Labute approximate surface area is 162 Å². The van der Waals surface area contributed by atoms with E-state index in [1.165, 1.54) is 0 Å². The molecule has 0 saturated heterocycles. The van der Waals surface area contributed by atoms with Gasteiger partial charge in [-0.3, -0.25) is 4.79 Å². The Kier molecular flexibility index (Phi) is 4.76. The van der Waals surface area contributed by atoms with Crippen LogP contribution in [0.3, 0.4) is 0 Å². The zero-order chi connectivity index (χ0) is 19.5. The van der Waals surface area contributed by atoms with Gasteiger partial charge in [0.2, 0.25) is 0 Å². The highest BCUT2D eigenvalue weighted by molar-refractivity contribution is 6.03. The van der Waals surface area contributed by atoms with Crippen molar-refractivity contribution in [3.05, 3.63) is 89.6 Å². The third-order valence-corrected chi connectivity index (χ3v) is 4.54. The molecule has 28 heavy (non-hydrogen) atoms. The van der Waals surface area contributed by atoms with Crippen LogP contribution < -0.4 is 5.32 Å². The number of carbonyl (C=O) groups excluding carboxylic acids is 1. The molecule has 6 nitrogen and oxygen atoms in total. The standard InChI is InChI=1S/C22H20N4O2/c1-15-6-8-18(9-7-15)21-13-20(25-28-21)22(27)24-19-5-3-4-17(12-19)14-26-11-10-23-16(26)2/h3-13H,14H2,1-2H3,(H,24,27). The minimum absolute atomic E-state index is 0.242. The van der Waals surface area contributed by atoms with Crippen LogP contribution in [0.1, 0.15) is 27.4 Å². The van der Waals surface area contributed by atoms with Gasteiger partial charge in [0.05, 0.1) is 0 Å². The highest BCUT2D eigenvalue weighted by Crippen LogP contribution is 2.21. The summed E-state index contributed by atoms with van der Waals surface area (Å²) in [4.78, 5) is 16.8. The van der Waals surface area contributed by atoms with Crippen LogP contribution in [0.5, 0.6) is 0 Å². The van der Waals surface area contributed by atoms with Crippen LogP contribution in [0.2, 0.25) is 0 Å². The van der Waals surface area contributed by atoms with E-state index in [4.69, 9.17) is 4.52 Å². The van der Waals surface area contributed by atoms with E-state index in [9.17, 15) is 4.79 Å². The van der Waals surface area contributed by atoms with E-state index < -0.39 is 0 Å². The summed E-state index contributed by atoms with van der Waals surface area (Å²) in [6.07, 6.45) is 3.71. The lowest BCUT2D eigenvalue weighted by atomic mass is 10.1. The highest BCUT2D eigenvalue weighted by Gasteiger charge is 2.14. The van der Waals surface area contributed by atoms with Gasteiger partial charge in [-0.25, -0.2) is 4.98 Å². The Bertz CT molecular complexity index is 1110. The van der Waals surface area contributed by atoms with Gasteiger partial charge >= 0.3 is 0 Å². The number of aromatic nitrogens is 3. The lowest BCUT2D eigenvalue weighted by Gasteiger charge is -2.08. The largest absolute Gasteiger partial charge is 0.355 e. The van der Waals surface area contributed by atoms with E-state index in [2.05, 4.69) is 15.5 Å². The molecule has 0 aliphatic heterocycles. The number of aryl methyl sites for hydroxylation is 2. The van der Waals surface area contributed by atoms with Crippen molar-refractivity contribution in [3.8, 4) is 11.3 Å². The molecule has 2 heterocycles. The first-order valence-electron chi connectivity index (χ1n) is 9.00. The smallest absolute Gasteiger partial charge is 0.277 e. The molecule has 0 fully saturated rings. The fourth-order valence-electron chi connectivity index (χ4n) is 2.95. The molecule has 1 N–H and O–H groups in total. The predicted molar refractivity (Wildman–Crippen MR) is 107 cm³/mol. The summed E-state index contributed by atoms with van der Waals surface area (Å²) in [5.41, 5.74) is 4.06. The fraction of sp³-hybridized carbons (Fsp3) is 0.136. The molecule has 0 atom stereocenters. The number of hydrogen-bond acceptors (Lipinski definition) is 4. The summed E-state index contributed by atoms with van der Waals surface area (Å²) in [7, 11) is 0. The first-order valence-corrected chi connectivity index (χ1v) is 9.00. The van der Waals surface area contributed by atoms with E-state index in [-0.39, 0.29) is 11.6 Å². The third kappa shape index (κ3) is 3.86. The Morgan fingerprint density at radius 3 is 2.68 bits per heavy atom. The van der Waals surface area contributed by atoms with Crippen molar-refractivity contribution < 1.29 is 9.32 Å². The number of nitrogens with zero attached hydrogens (tertiary/aromatic N) is 3. The quantitative estimate of drug-likeness (QED) is 0.561. The molecule has 2 aromatic carbocycles. The summed E-state index contributed by atoms with van der Waals surface area (Å²) < 4.78 is 7.38. The lowest BCUT2D eigenvalue weighted by molar-refractivity contribution is 0.101. The first-order chi connectivity index (χ1) is 13.6. The van der Waals surface area contributed by atoms with Gasteiger partial charge in [-0.2, -0.15) is 0 Å². The lowest BCUT2D eigenvalue weighted by Crippen LogP contribution is -2.12. The second kappa shape index (κ2) is 7.52. The van der Waals surface area contributed by atoms with Crippen LogP contribution >= 0.6 is 0 Å². The van der Waals surface area contributed by atoms with Crippen LogP contribution in [0.4, 0.5) is 5.69 Å². The molecule has 1 amide bonds. The average molecular weight is 372 g/mol. The topological polar surface area (TPSA) is 73.0 Å². The normalized spacial score (nSPS) is 10.8. The predicted octanol–water partition coefficient (Wildman–Crippen LogP) is 4.46. The zero-order valence-corrected chi connectivity index (χ0v) is 15.7. The molecular weight excluding hydrogens is 352 g/mol. The van der Waals surface area contributed by atoms with Gasteiger partial charge in [0.15, 0.2) is 11.5 Å². The fourth-order valence-corrected chi connectivity index (χ4v) is 2.95.